The number of fused-ring (bicyclic) bond motifs is 1. The van der Waals surface area contributed by atoms with Crippen LogP contribution in [0.5, 0.6) is 5.75 Å². The lowest BCUT2D eigenvalue weighted by Crippen LogP contribution is -2.02. The van der Waals surface area contributed by atoms with Gasteiger partial charge in [-0.1, -0.05) is 19.4 Å². The number of hydrogen-bond acceptors (Lipinski definition) is 4. The molecule has 3 rings (SSSR count). The van der Waals surface area contributed by atoms with Gasteiger partial charge < -0.3 is 10.5 Å². The summed E-state index contributed by atoms with van der Waals surface area (Å²) < 4.78 is 0. The van der Waals surface area contributed by atoms with Gasteiger partial charge in [0.15, 0.2) is 0 Å². The Labute approximate surface area is 141 Å². The van der Waals surface area contributed by atoms with Gasteiger partial charge in [-0.2, -0.15) is 0 Å². The van der Waals surface area contributed by atoms with Crippen LogP contribution in [0.4, 0.5) is 0 Å². The maximum Gasteiger partial charge on any atom is 0.121 e. The van der Waals surface area contributed by atoms with Crippen LogP contribution in [0.1, 0.15) is 36.6 Å². The highest BCUT2D eigenvalue weighted by Gasteiger charge is 2.09. The van der Waals surface area contributed by atoms with Gasteiger partial charge in [0.05, 0.1) is 22.9 Å². The molecule has 1 aromatic heterocycles. The molecule has 4 heteroatoms. The van der Waals surface area contributed by atoms with Gasteiger partial charge in [0.2, 0.25) is 0 Å². The summed E-state index contributed by atoms with van der Waals surface area (Å²) >= 11 is 0. The van der Waals surface area contributed by atoms with Crippen molar-refractivity contribution in [2.45, 2.75) is 33.6 Å². The highest BCUT2D eigenvalue weighted by molar-refractivity contribution is 5.97. The van der Waals surface area contributed by atoms with E-state index in [1.54, 1.807) is 6.20 Å². The molecule has 2 N–H and O–H groups in total. The van der Waals surface area contributed by atoms with Gasteiger partial charge in [-0.15, -0.1) is 0 Å². The molecule has 122 valence electrons. The third kappa shape index (κ3) is 3.00. The number of phenols is 1. The first-order chi connectivity index (χ1) is 11.5. The molecule has 0 saturated carbocycles. The molecule has 0 spiro atoms. The Kier molecular flexibility index (Phi) is 4.30. The summed E-state index contributed by atoms with van der Waals surface area (Å²) in [5.74, 6) is 0.342. The van der Waals surface area contributed by atoms with E-state index in [2.05, 4.69) is 16.9 Å². The van der Waals surface area contributed by atoms with Crippen LogP contribution >= 0.6 is 0 Å². The molecule has 0 radical (unpaired) electrons. The Hall–Kier alpha value is -2.75. The lowest BCUT2D eigenvalue weighted by atomic mass is 9.99. The van der Waals surface area contributed by atoms with E-state index < -0.39 is 0 Å². The molecule has 0 fully saturated rings. The molecule has 0 aliphatic heterocycles. The first-order valence-corrected chi connectivity index (χ1v) is 8.14. The fourth-order valence-corrected chi connectivity index (χ4v) is 2.84. The Balaban J connectivity index is 2.08. The zero-order valence-electron chi connectivity index (χ0n) is 14.2. The number of nitrogens with zero attached hydrogens (tertiary/aromatic N) is 2. The van der Waals surface area contributed by atoms with Crippen LogP contribution in [0.2, 0.25) is 0 Å². The quantitative estimate of drug-likeness (QED) is 0.679. The summed E-state index contributed by atoms with van der Waals surface area (Å²) in [6.07, 6.45) is 3.30. The van der Waals surface area contributed by atoms with Crippen molar-refractivity contribution in [1.82, 2.24) is 9.97 Å². The third-order valence-electron chi connectivity index (χ3n) is 4.18. The smallest absolute Gasteiger partial charge is 0.121 e. The van der Waals surface area contributed by atoms with Crippen LogP contribution in [-0.2, 0) is 0 Å². The zero-order chi connectivity index (χ0) is 17.3. The minimum Gasteiger partial charge on any atom is -0.507 e. The van der Waals surface area contributed by atoms with Crippen LogP contribution in [-0.4, -0.2) is 20.8 Å². The third-order valence-corrected chi connectivity index (χ3v) is 4.18. The predicted octanol–water partition coefficient (Wildman–Crippen LogP) is 4.79. The number of hydrogen-bond donors (Lipinski definition) is 2. The van der Waals surface area contributed by atoms with E-state index in [1.807, 2.05) is 44.2 Å². The van der Waals surface area contributed by atoms with E-state index in [0.717, 1.165) is 39.7 Å². The summed E-state index contributed by atoms with van der Waals surface area (Å²) in [5, 5.41) is 18.0. The van der Waals surface area contributed by atoms with Crippen molar-refractivity contribution in [1.29, 1.82) is 5.41 Å². The second-order valence-corrected chi connectivity index (χ2v) is 6.15. The molecular formula is C20H21N3O. The average Bonchev–Trinajstić information content (AvgIpc) is 2.58. The molecule has 0 bridgehead atoms. The van der Waals surface area contributed by atoms with Gasteiger partial charge in [0, 0.05) is 0 Å². The second kappa shape index (κ2) is 6.40. The van der Waals surface area contributed by atoms with Crippen LogP contribution in [0, 0.1) is 19.3 Å². The van der Waals surface area contributed by atoms with Crippen LogP contribution in [0.15, 0.2) is 36.5 Å². The molecule has 0 saturated heterocycles. The van der Waals surface area contributed by atoms with Crippen molar-refractivity contribution in [3.05, 3.63) is 53.3 Å². The number of phenolic OH excluding ortho intramolecular Hbond substituents is 1. The van der Waals surface area contributed by atoms with Crippen LogP contribution < -0.4 is 0 Å². The van der Waals surface area contributed by atoms with Crippen LogP contribution in [0.3, 0.4) is 0 Å². The molecule has 2 aromatic carbocycles. The fourth-order valence-electron chi connectivity index (χ4n) is 2.84. The van der Waals surface area contributed by atoms with E-state index in [-0.39, 0.29) is 0 Å². The van der Waals surface area contributed by atoms with E-state index in [0.29, 0.717) is 23.6 Å². The monoisotopic (exact) mass is 319 g/mol. The second-order valence-electron chi connectivity index (χ2n) is 6.15. The minimum absolute atomic E-state index is 0.342. The van der Waals surface area contributed by atoms with E-state index in [9.17, 15) is 5.11 Å². The highest BCUT2D eigenvalue weighted by atomic mass is 16.3. The Bertz CT molecular complexity index is 908. The summed E-state index contributed by atoms with van der Waals surface area (Å²) in [6.45, 7) is 5.85. The standard InChI is InChI=1S/C20H21N3O/c1-4-5-16(21)19-11-22-17-7-6-14(10-18(17)23-19)15-8-12(2)20(24)13(3)9-15/h6-11,21,24H,4-5H2,1-3H3. The van der Waals surface area contributed by atoms with Crippen LogP contribution in [0.25, 0.3) is 22.2 Å². The molecule has 0 aliphatic rings. The van der Waals surface area contributed by atoms with Gasteiger partial charge in [-0.3, -0.25) is 4.98 Å². The molecule has 24 heavy (non-hydrogen) atoms. The molecule has 0 amide bonds. The Morgan fingerprint density at radius 1 is 1.04 bits per heavy atom. The normalized spacial score (nSPS) is 11.0. The van der Waals surface area contributed by atoms with Crippen molar-refractivity contribution in [2.75, 3.05) is 0 Å². The van der Waals surface area contributed by atoms with E-state index in [1.165, 1.54) is 0 Å². The van der Waals surface area contributed by atoms with E-state index >= 15 is 0 Å². The number of benzene rings is 2. The lowest BCUT2D eigenvalue weighted by Gasteiger charge is -2.09. The van der Waals surface area contributed by atoms with Crippen molar-refractivity contribution >= 4 is 16.7 Å². The number of aromatic nitrogens is 2. The number of aryl methyl sites for hydroxylation is 2. The van der Waals surface area contributed by atoms with E-state index in [4.69, 9.17) is 5.41 Å². The minimum atomic E-state index is 0.342. The van der Waals surface area contributed by atoms with Crippen molar-refractivity contribution in [3.63, 3.8) is 0 Å². The highest BCUT2D eigenvalue weighted by Crippen LogP contribution is 2.30. The Morgan fingerprint density at radius 3 is 2.42 bits per heavy atom. The number of aromatic hydroxyl groups is 1. The first kappa shape index (κ1) is 16.1. The summed E-state index contributed by atoms with van der Waals surface area (Å²) in [6, 6.07) is 9.90. The Morgan fingerprint density at radius 2 is 1.75 bits per heavy atom. The summed E-state index contributed by atoms with van der Waals surface area (Å²) in [5.41, 5.74) is 6.55. The maximum absolute atomic E-state index is 9.95. The summed E-state index contributed by atoms with van der Waals surface area (Å²) in [7, 11) is 0. The number of rotatable bonds is 4. The first-order valence-electron chi connectivity index (χ1n) is 8.14. The molecular weight excluding hydrogens is 298 g/mol. The molecule has 0 aliphatic carbocycles. The lowest BCUT2D eigenvalue weighted by molar-refractivity contribution is 0.467. The van der Waals surface area contributed by atoms with Gasteiger partial charge in [0.25, 0.3) is 0 Å². The molecule has 4 nitrogen and oxygen atoms in total. The van der Waals surface area contributed by atoms with Gasteiger partial charge in [-0.25, -0.2) is 4.98 Å². The van der Waals surface area contributed by atoms with Gasteiger partial charge >= 0.3 is 0 Å². The largest absolute Gasteiger partial charge is 0.507 e. The summed E-state index contributed by atoms with van der Waals surface area (Å²) in [4.78, 5) is 9.03. The predicted molar refractivity (Wildman–Crippen MR) is 97.8 cm³/mol. The van der Waals surface area contributed by atoms with Crippen molar-refractivity contribution in [2.24, 2.45) is 0 Å². The fraction of sp³-hybridized carbons (Fsp3) is 0.250. The molecule has 1 heterocycles. The molecule has 0 atom stereocenters. The zero-order valence-corrected chi connectivity index (χ0v) is 14.2. The molecule has 3 aromatic rings. The SMILES string of the molecule is CCCC(=N)c1cnc2ccc(-c3cc(C)c(O)c(C)c3)cc2n1. The van der Waals surface area contributed by atoms with Gasteiger partial charge in [-0.05, 0) is 66.8 Å². The topological polar surface area (TPSA) is 69.9 Å². The average molecular weight is 319 g/mol. The van der Waals surface area contributed by atoms with Crippen molar-refractivity contribution in [3.8, 4) is 16.9 Å². The van der Waals surface area contributed by atoms with Gasteiger partial charge in [0.1, 0.15) is 11.4 Å². The molecule has 0 unspecified atom stereocenters. The number of nitrogens with one attached hydrogen (secondary N) is 1. The maximum atomic E-state index is 9.95. The van der Waals surface area contributed by atoms with Crippen molar-refractivity contribution < 1.29 is 5.11 Å².